The topological polar surface area (TPSA) is 118 Å². The van der Waals surface area contributed by atoms with Crippen molar-refractivity contribution in [2.24, 2.45) is 5.92 Å². The van der Waals surface area contributed by atoms with Gasteiger partial charge in [0.15, 0.2) is 0 Å². The van der Waals surface area contributed by atoms with Crippen LogP contribution in [0.4, 0.5) is 26.3 Å². The first-order valence-corrected chi connectivity index (χ1v) is 11.0. The van der Waals surface area contributed by atoms with Crippen LogP contribution in [0.1, 0.15) is 35.7 Å². The first-order chi connectivity index (χ1) is 17.2. The number of ether oxygens (including phenoxy) is 1. The van der Waals surface area contributed by atoms with Gasteiger partial charge in [0.25, 0.3) is 0 Å². The van der Waals surface area contributed by atoms with Gasteiger partial charge in [-0.1, -0.05) is 6.07 Å². The Hall–Kier alpha value is -3.20. The van der Waals surface area contributed by atoms with Crippen molar-refractivity contribution in [3.05, 3.63) is 47.5 Å². The molecule has 3 heterocycles. The maximum atomic E-state index is 10.6. The SMILES string of the molecule is COCC1CN(Cc2ccccn2)Cc2c1cnn2CC1CC1.O=C(O)C(F)(F)F.O=C(O)C(F)(F)F. The van der Waals surface area contributed by atoms with Crippen LogP contribution in [-0.2, 0) is 34.0 Å². The van der Waals surface area contributed by atoms with Gasteiger partial charge in [0, 0.05) is 51.0 Å². The minimum absolute atomic E-state index is 0.403. The number of aromatic nitrogens is 3. The van der Waals surface area contributed by atoms with Crippen LogP contribution in [0, 0.1) is 5.92 Å². The number of rotatable bonds is 6. The Labute approximate surface area is 207 Å². The van der Waals surface area contributed by atoms with Crippen LogP contribution in [-0.4, -0.2) is 74.4 Å². The van der Waals surface area contributed by atoms with Gasteiger partial charge in [0.1, 0.15) is 0 Å². The highest BCUT2D eigenvalue weighted by atomic mass is 19.4. The van der Waals surface area contributed by atoms with Crippen LogP contribution < -0.4 is 0 Å². The second-order valence-corrected chi connectivity index (χ2v) is 8.42. The number of carboxylic acids is 2. The third kappa shape index (κ3) is 9.99. The molecule has 1 aliphatic carbocycles. The molecule has 1 saturated carbocycles. The molecule has 2 aromatic heterocycles. The summed E-state index contributed by atoms with van der Waals surface area (Å²) in [5.41, 5.74) is 3.88. The average Bonchev–Trinajstić information content (AvgIpc) is 3.53. The Balaban J connectivity index is 0.000000286. The van der Waals surface area contributed by atoms with Gasteiger partial charge in [-0.2, -0.15) is 31.4 Å². The number of halogens is 6. The molecule has 0 aromatic carbocycles. The lowest BCUT2D eigenvalue weighted by Gasteiger charge is -2.32. The van der Waals surface area contributed by atoms with E-state index in [1.807, 2.05) is 12.3 Å². The normalized spacial score (nSPS) is 17.5. The molecule has 1 unspecified atom stereocenters. The zero-order valence-corrected chi connectivity index (χ0v) is 19.7. The van der Waals surface area contributed by atoms with Crippen LogP contribution in [0.15, 0.2) is 30.6 Å². The number of nitrogens with zero attached hydrogens (tertiary/aromatic N) is 4. The molecule has 37 heavy (non-hydrogen) atoms. The number of hydrogen-bond acceptors (Lipinski definition) is 6. The Morgan fingerprint density at radius 3 is 2.14 bits per heavy atom. The third-order valence-corrected chi connectivity index (χ3v) is 5.37. The fourth-order valence-electron chi connectivity index (χ4n) is 3.51. The average molecular weight is 540 g/mol. The first kappa shape index (κ1) is 30.0. The van der Waals surface area contributed by atoms with Crippen LogP contribution in [0.2, 0.25) is 0 Å². The Kier molecular flexibility index (Phi) is 10.4. The summed E-state index contributed by atoms with van der Waals surface area (Å²) in [6, 6.07) is 6.13. The number of carboxylic acid groups (broad SMARTS) is 2. The predicted molar refractivity (Wildman–Crippen MR) is 115 cm³/mol. The molecule has 2 aliphatic rings. The van der Waals surface area contributed by atoms with Crippen molar-refractivity contribution in [1.82, 2.24) is 19.7 Å². The standard InChI is InChI=1S/C18H24N4O.2C2HF3O2/c1-23-13-15-10-21(11-16-4-2-3-7-19-16)12-18-17(15)8-20-22(18)9-14-5-6-14;2*3-2(4,5)1(6)7/h2-4,7-8,14-15H,5-6,9-13H2,1H3;2*(H,6,7). The molecular weight excluding hydrogens is 514 g/mol. The van der Waals surface area contributed by atoms with E-state index in [0.717, 1.165) is 44.4 Å². The molecule has 0 bridgehead atoms. The van der Waals surface area contributed by atoms with Crippen molar-refractivity contribution in [3.8, 4) is 0 Å². The lowest BCUT2D eigenvalue weighted by atomic mass is 9.95. The van der Waals surface area contributed by atoms with E-state index in [0.29, 0.717) is 5.92 Å². The Morgan fingerprint density at radius 2 is 1.68 bits per heavy atom. The Morgan fingerprint density at radius 1 is 1.08 bits per heavy atom. The van der Waals surface area contributed by atoms with Crippen molar-refractivity contribution in [2.75, 3.05) is 20.3 Å². The molecule has 9 nitrogen and oxygen atoms in total. The lowest BCUT2D eigenvalue weighted by molar-refractivity contribution is -0.193. The highest BCUT2D eigenvalue weighted by Crippen LogP contribution is 2.34. The smallest absolute Gasteiger partial charge is 0.475 e. The van der Waals surface area contributed by atoms with E-state index in [-0.39, 0.29) is 0 Å². The second kappa shape index (κ2) is 12.9. The minimum atomic E-state index is -5.08. The van der Waals surface area contributed by atoms with Crippen molar-refractivity contribution >= 4 is 11.9 Å². The largest absolute Gasteiger partial charge is 0.490 e. The maximum Gasteiger partial charge on any atom is 0.490 e. The predicted octanol–water partition coefficient (Wildman–Crippen LogP) is 3.70. The monoisotopic (exact) mass is 540 g/mol. The second-order valence-electron chi connectivity index (χ2n) is 8.42. The number of carbonyl (C=O) groups is 2. The summed E-state index contributed by atoms with van der Waals surface area (Å²) in [4.78, 5) is 24.7. The van der Waals surface area contributed by atoms with Crippen molar-refractivity contribution in [2.45, 2.75) is 50.7 Å². The molecule has 2 N–H and O–H groups in total. The number of methoxy groups -OCH3 is 1. The van der Waals surface area contributed by atoms with Crippen molar-refractivity contribution < 1.29 is 50.9 Å². The summed E-state index contributed by atoms with van der Waals surface area (Å²) in [5.74, 6) is -4.27. The molecule has 0 spiro atoms. The van der Waals surface area contributed by atoms with Crippen LogP contribution in [0.25, 0.3) is 0 Å². The number of fused-ring (bicyclic) bond motifs is 1. The van der Waals surface area contributed by atoms with E-state index >= 15 is 0 Å². The molecule has 2 aromatic rings. The van der Waals surface area contributed by atoms with Crippen molar-refractivity contribution in [3.63, 3.8) is 0 Å². The van der Waals surface area contributed by atoms with E-state index in [4.69, 9.17) is 24.5 Å². The number of aliphatic carboxylic acids is 2. The zero-order valence-electron chi connectivity index (χ0n) is 19.7. The molecule has 0 radical (unpaired) electrons. The lowest BCUT2D eigenvalue weighted by Crippen LogP contribution is -2.35. The third-order valence-electron chi connectivity index (χ3n) is 5.37. The van der Waals surface area contributed by atoms with Crippen LogP contribution >= 0.6 is 0 Å². The van der Waals surface area contributed by atoms with Crippen LogP contribution in [0.5, 0.6) is 0 Å². The quantitative estimate of drug-likeness (QED) is 0.533. The Bertz CT molecular complexity index is 1000. The number of pyridine rings is 1. The van der Waals surface area contributed by atoms with Gasteiger partial charge in [-0.3, -0.25) is 14.6 Å². The van der Waals surface area contributed by atoms with E-state index in [2.05, 4.69) is 38.0 Å². The summed E-state index contributed by atoms with van der Waals surface area (Å²) in [6.07, 6.45) is -3.52. The minimum Gasteiger partial charge on any atom is -0.475 e. The van der Waals surface area contributed by atoms with E-state index < -0.39 is 24.3 Å². The van der Waals surface area contributed by atoms with Gasteiger partial charge in [-0.15, -0.1) is 0 Å². The maximum absolute atomic E-state index is 10.6. The first-order valence-electron chi connectivity index (χ1n) is 11.0. The molecule has 1 atom stereocenters. The number of alkyl halides is 6. The summed E-state index contributed by atoms with van der Waals surface area (Å²) < 4.78 is 71.2. The molecular formula is C22H26F6N4O5. The molecule has 1 fully saturated rings. The van der Waals surface area contributed by atoms with Gasteiger partial charge in [0.05, 0.1) is 24.2 Å². The molecule has 0 amide bonds. The summed E-state index contributed by atoms with van der Waals surface area (Å²) in [7, 11) is 1.78. The number of hydrogen-bond donors (Lipinski definition) is 2. The highest BCUT2D eigenvalue weighted by Gasteiger charge is 2.39. The summed E-state index contributed by atoms with van der Waals surface area (Å²) in [6.45, 7) is 4.67. The fraction of sp³-hybridized carbons (Fsp3) is 0.545. The highest BCUT2D eigenvalue weighted by molar-refractivity contribution is 5.73. The molecule has 4 rings (SSSR count). The molecule has 1 aliphatic heterocycles. The fourth-order valence-corrected chi connectivity index (χ4v) is 3.51. The van der Waals surface area contributed by atoms with Gasteiger partial charge >= 0.3 is 24.3 Å². The summed E-state index contributed by atoms with van der Waals surface area (Å²) in [5, 5.41) is 18.9. The van der Waals surface area contributed by atoms with Gasteiger partial charge < -0.3 is 14.9 Å². The van der Waals surface area contributed by atoms with Gasteiger partial charge in [0.2, 0.25) is 0 Å². The zero-order chi connectivity index (χ0) is 27.8. The molecule has 206 valence electrons. The van der Waals surface area contributed by atoms with Gasteiger partial charge in [-0.25, -0.2) is 9.59 Å². The van der Waals surface area contributed by atoms with Gasteiger partial charge in [-0.05, 0) is 30.9 Å². The van der Waals surface area contributed by atoms with E-state index in [1.165, 1.54) is 24.1 Å². The van der Waals surface area contributed by atoms with Crippen LogP contribution in [0.3, 0.4) is 0 Å². The van der Waals surface area contributed by atoms with E-state index in [1.54, 1.807) is 7.11 Å². The molecule has 0 saturated heterocycles. The summed E-state index contributed by atoms with van der Waals surface area (Å²) >= 11 is 0. The molecule has 15 heteroatoms. The van der Waals surface area contributed by atoms with E-state index in [9.17, 15) is 26.3 Å². The van der Waals surface area contributed by atoms with Crippen molar-refractivity contribution in [1.29, 1.82) is 0 Å².